The number of unbranched alkanes of at least 4 members (excludes halogenated alkanes) is 2. The van der Waals surface area contributed by atoms with E-state index in [4.69, 9.17) is 26.1 Å². The molecule has 0 aliphatic carbocycles. The molecule has 1 heterocycles. The second kappa shape index (κ2) is 13.5. The van der Waals surface area contributed by atoms with E-state index >= 15 is 0 Å². The van der Waals surface area contributed by atoms with Gasteiger partial charge in [0.1, 0.15) is 11.6 Å². The summed E-state index contributed by atoms with van der Waals surface area (Å²) in [6.45, 7) is 4.46. The second-order valence-electron chi connectivity index (χ2n) is 10.5. The molecule has 0 saturated heterocycles. The molecule has 1 N–H and O–H groups in total. The van der Waals surface area contributed by atoms with Crippen molar-refractivity contribution in [3.8, 4) is 22.8 Å². The van der Waals surface area contributed by atoms with Crippen LogP contribution in [0.1, 0.15) is 36.8 Å². The van der Waals surface area contributed by atoms with Crippen LogP contribution in [-0.4, -0.2) is 37.7 Å². The van der Waals surface area contributed by atoms with E-state index in [1.165, 1.54) is 36.9 Å². The highest BCUT2D eigenvalue weighted by atomic mass is 35.5. The summed E-state index contributed by atoms with van der Waals surface area (Å²) in [6, 6.07) is 25.6. The van der Waals surface area contributed by atoms with Gasteiger partial charge in [0.05, 0.1) is 35.3 Å². The predicted octanol–water partition coefficient (Wildman–Crippen LogP) is 7.88. The lowest BCUT2D eigenvalue weighted by atomic mass is 10.1. The lowest BCUT2D eigenvalue weighted by molar-refractivity contribution is -0.140. The highest BCUT2D eigenvalue weighted by Crippen LogP contribution is 2.37. The quantitative estimate of drug-likeness (QED) is 0.111. The summed E-state index contributed by atoms with van der Waals surface area (Å²) in [5.74, 6) is 0.840. The Labute approximate surface area is 262 Å². The van der Waals surface area contributed by atoms with Crippen molar-refractivity contribution in [2.75, 3.05) is 18.4 Å². The first-order valence-corrected chi connectivity index (χ1v) is 16.2. The summed E-state index contributed by atoms with van der Waals surface area (Å²) in [4.78, 5) is 16.5. The summed E-state index contributed by atoms with van der Waals surface area (Å²) >= 11 is 6.00. The molecule has 0 radical (unpaired) electrons. The number of imidazole rings is 1. The van der Waals surface area contributed by atoms with Crippen LogP contribution in [0.2, 0.25) is 5.02 Å². The molecule has 0 spiro atoms. The molecular weight excluding hydrogens is 598 g/mol. The zero-order valence-corrected chi connectivity index (χ0v) is 26.4. The van der Waals surface area contributed by atoms with Gasteiger partial charge in [-0.1, -0.05) is 48.0 Å². The molecule has 0 aliphatic rings. The minimum Gasteiger partial charge on any atom is -0.491 e. The lowest BCUT2D eigenvalue weighted by Gasteiger charge is -2.16. The standard InChI is InChI=1S/C34H34ClN3O5S/c1-23-13-16-27(20-24(23)2)38-31-22-32(43-19-9-5-8-12-33(39)42-3)30(37-44(40,41)28-17-14-26(35)15-18-28)21-29(31)36-34(38)25-10-6-4-7-11-25/h4,6-7,10-11,13-18,20-22,37H,5,8-9,12,19H2,1-3H3. The molecule has 0 aliphatic heterocycles. The van der Waals surface area contributed by atoms with Crippen molar-refractivity contribution < 1.29 is 22.7 Å². The second-order valence-corrected chi connectivity index (χ2v) is 12.7. The van der Waals surface area contributed by atoms with Crippen LogP contribution in [-0.2, 0) is 19.6 Å². The third-order valence-corrected chi connectivity index (χ3v) is 9.05. The first-order valence-electron chi connectivity index (χ1n) is 14.3. The predicted molar refractivity (Wildman–Crippen MR) is 174 cm³/mol. The zero-order chi connectivity index (χ0) is 31.3. The molecule has 0 bridgehead atoms. The first kappa shape index (κ1) is 31.1. The summed E-state index contributed by atoms with van der Waals surface area (Å²) in [7, 11) is -2.59. The number of nitrogens with one attached hydrogen (secondary N) is 1. The summed E-state index contributed by atoms with van der Waals surface area (Å²) in [5.41, 5.74) is 5.79. The van der Waals surface area contributed by atoms with Gasteiger partial charge in [0.2, 0.25) is 0 Å². The summed E-state index contributed by atoms with van der Waals surface area (Å²) < 4.78 is 42.5. The zero-order valence-electron chi connectivity index (χ0n) is 24.8. The van der Waals surface area contributed by atoms with E-state index in [2.05, 4.69) is 41.3 Å². The van der Waals surface area contributed by atoms with Gasteiger partial charge < -0.3 is 9.47 Å². The van der Waals surface area contributed by atoms with Crippen molar-refractivity contribution in [1.82, 2.24) is 9.55 Å². The molecule has 0 amide bonds. The van der Waals surface area contributed by atoms with Crippen LogP contribution >= 0.6 is 11.6 Å². The highest BCUT2D eigenvalue weighted by molar-refractivity contribution is 7.92. The molecular formula is C34H34ClN3O5S. The Balaban J connectivity index is 1.59. The number of hydrogen-bond acceptors (Lipinski definition) is 6. The minimum absolute atomic E-state index is 0.0707. The Morgan fingerprint density at radius 1 is 0.909 bits per heavy atom. The number of ether oxygens (including phenoxy) is 2. The molecule has 4 aromatic carbocycles. The molecule has 1 aromatic heterocycles. The van der Waals surface area contributed by atoms with Gasteiger partial charge in [-0.15, -0.1) is 0 Å². The molecule has 8 nitrogen and oxygen atoms in total. The van der Waals surface area contributed by atoms with Crippen LogP contribution in [0.4, 0.5) is 5.69 Å². The number of carbonyl (C=O) groups is 1. The van der Waals surface area contributed by atoms with Crippen molar-refractivity contribution in [2.24, 2.45) is 0 Å². The van der Waals surface area contributed by atoms with Gasteiger partial charge in [-0.3, -0.25) is 14.1 Å². The fourth-order valence-corrected chi connectivity index (χ4v) is 6.05. The Morgan fingerprint density at radius 2 is 1.66 bits per heavy atom. The maximum Gasteiger partial charge on any atom is 0.305 e. The van der Waals surface area contributed by atoms with E-state index in [0.29, 0.717) is 42.2 Å². The molecule has 0 atom stereocenters. The van der Waals surface area contributed by atoms with Crippen LogP contribution in [0.3, 0.4) is 0 Å². The molecule has 5 aromatic rings. The average Bonchev–Trinajstić information content (AvgIpc) is 3.38. The van der Waals surface area contributed by atoms with Gasteiger partial charge in [0.15, 0.2) is 0 Å². The summed E-state index contributed by atoms with van der Waals surface area (Å²) in [5, 5.41) is 0.437. The van der Waals surface area contributed by atoms with E-state index in [-0.39, 0.29) is 16.6 Å². The highest BCUT2D eigenvalue weighted by Gasteiger charge is 2.22. The van der Waals surface area contributed by atoms with Crippen LogP contribution in [0.25, 0.3) is 28.1 Å². The van der Waals surface area contributed by atoms with E-state index in [1.54, 1.807) is 6.07 Å². The van der Waals surface area contributed by atoms with Crippen molar-refractivity contribution in [1.29, 1.82) is 0 Å². The fourth-order valence-electron chi connectivity index (χ4n) is 4.86. The number of aryl methyl sites for hydroxylation is 2. The van der Waals surface area contributed by atoms with E-state index < -0.39 is 10.0 Å². The Morgan fingerprint density at radius 3 is 2.36 bits per heavy atom. The van der Waals surface area contributed by atoms with Crippen molar-refractivity contribution in [3.63, 3.8) is 0 Å². The largest absolute Gasteiger partial charge is 0.491 e. The van der Waals surface area contributed by atoms with Gasteiger partial charge in [-0.05, 0) is 86.7 Å². The number of halogens is 1. The molecule has 10 heteroatoms. The monoisotopic (exact) mass is 631 g/mol. The Hall–Kier alpha value is -4.34. The van der Waals surface area contributed by atoms with Crippen molar-refractivity contribution in [3.05, 3.63) is 101 Å². The number of aromatic nitrogens is 2. The molecule has 0 fully saturated rings. The van der Waals surface area contributed by atoms with Gasteiger partial charge in [0, 0.05) is 28.8 Å². The van der Waals surface area contributed by atoms with Crippen LogP contribution in [0.5, 0.6) is 5.75 Å². The normalized spacial score (nSPS) is 11.5. The van der Waals surface area contributed by atoms with Gasteiger partial charge in [-0.2, -0.15) is 0 Å². The number of anilines is 1. The number of hydrogen-bond donors (Lipinski definition) is 1. The molecule has 44 heavy (non-hydrogen) atoms. The van der Waals surface area contributed by atoms with E-state index in [0.717, 1.165) is 34.6 Å². The molecule has 228 valence electrons. The van der Waals surface area contributed by atoms with Crippen LogP contribution in [0.15, 0.2) is 89.8 Å². The van der Waals surface area contributed by atoms with E-state index in [1.807, 2.05) is 36.4 Å². The third-order valence-electron chi connectivity index (χ3n) is 7.42. The minimum atomic E-state index is -3.97. The van der Waals surface area contributed by atoms with E-state index in [9.17, 15) is 13.2 Å². The number of methoxy groups -OCH3 is 1. The van der Waals surface area contributed by atoms with Gasteiger partial charge in [-0.25, -0.2) is 13.4 Å². The molecule has 0 unspecified atom stereocenters. The summed E-state index contributed by atoms with van der Waals surface area (Å²) in [6.07, 6.45) is 2.43. The Bertz CT molecular complexity index is 1890. The van der Waals surface area contributed by atoms with Gasteiger partial charge >= 0.3 is 5.97 Å². The molecule has 0 saturated carbocycles. The number of esters is 1. The Kier molecular flexibility index (Phi) is 9.56. The number of benzene rings is 4. The lowest BCUT2D eigenvalue weighted by Crippen LogP contribution is -2.14. The SMILES string of the molecule is COC(=O)CCCCCOc1cc2c(cc1NS(=O)(=O)c1ccc(Cl)cc1)nc(-c1ccccc1)n2-c1ccc(C)c(C)c1. The number of sulfonamides is 1. The smallest absolute Gasteiger partial charge is 0.305 e. The van der Waals surface area contributed by atoms with Crippen LogP contribution in [0, 0.1) is 13.8 Å². The number of rotatable bonds is 12. The first-order chi connectivity index (χ1) is 21.2. The maximum absolute atomic E-state index is 13.4. The molecule has 5 rings (SSSR count). The fraction of sp³-hybridized carbons (Fsp3) is 0.235. The third kappa shape index (κ3) is 7.06. The van der Waals surface area contributed by atoms with Crippen molar-refractivity contribution in [2.45, 2.75) is 44.4 Å². The topological polar surface area (TPSA) is 99.5 Å². The number of nitrogens with zero attached hydrogens (tertiary/aromatic N) is 2. The number of carbonyl (C=O) groups excluding carboxylic acids is 1. The number of fused-ring (bicyclic) bond motifs is 1. The van der Waals surface area contributed by atoms with Crippen LogP contribution < -0.4 is 9.46 Å². The maximum atomic E-state index is 13.4. The average molecular weight is 632 g/mol. The van der Waals surface area contributed by atoms with Crippen molar-refractivity contribution >= 4 is 44.3 Å². The van der Waals surface area contributed by atoms with Gasteiger partial charge in [0.25, 0.3) is 10.0 Å².